The highest BCUT2D eigenvalue weighted by atomic mass is 32.1. The fourth-order valence-electron chi connectivity index (χ4n) is 3.90. The summed E-state index contributed by atoms with van der Waals surface area (Å²) in [5.74, 6) is -0.601. The van der Waals surface area contributed by atoms with E-state index in [0.717, 1.165) is 31.5 Å². The summed E-state index contributed by atoms with van der Waals surface area (Å²) < 4.78 is 0.210. The number of anilines is 1. The molecule has 31 heavy (non-hydrogen) atoms. The van der Waals surface area contributed by atoms with Gasteiger partial charge in [-0.1, -0.05) is 12.1 Å². The van der Waals surface area contributed by atoms with Crippen LogP contribution >= 0.6 is 12.2 Å². The molecule has 0 saturated carbocycles. The van der Waals surface area contributed by atoms with Crippen molar-refractivity contribution >= 4 is 40.6 Å². The van der Waals surface area contributed by atoms with E-state index in [-0.39, 0.29) is 28.1 Å². The van der Waals surface area contributed by atoms with Crippen LogP contribution in [0.5, 0.6) is 0 Å². The van der Waals surface area contributed by atoms with E-state index >= 15 is 0 Å². The summed E-state index contributed by atoms with van der Waals surface area (Å²) in [5.41, 5.74) is 7.85. The number of piperidine rings is 1. The Labute approximate surface area is 183 Å². The number of likely N-dealkylation sites (tertiary alicyclic amines) is 1. The van der Waals surface area contributed by atoms with Crippen molar-refractivity contribution in [3.8, 4) is 0 Å². The number of aromatic nitrogens is 2. The molecule has 0 bridgehead atoms. The van der Waals surface area contributed by atoms with Crippen LogP contribution in [0.4, 0.5) is 5.69 Å². The Morgan fingerprint density at radius 3 is 2.68 bits per heavy atom. The van der Waals surface area contributed by atoms with Gasteiger partial charge >= 0.3 is 0 Å². The molecule has 2 amide bonds. The molecule has 0 aliphatic carbocycles. The Morgan fingerprint density at radius 2 is 1.94 bits per heavy atom. The van der Waals surface area contributed by atoms with Crippen LogP contribution in [-0.2, 0) is 11.3 Å². The summed E-state index contributed by atoms with van der Waals surface area (Å²) in [6.07, 6.45) is 1.81. The second-order valence-electron chi connectivity index (χ2n) is 7.80. The second kappa shape index (κ2) is 8.83. The summed E-state index contributed by atoms with van der Waals surface area (Å²) in [6.45, 7) is 2.36. The number of amides is 2. The lowest BCUT2D eigenvalue weighted by Gasteiger charge is -2.31. The number of carbonyl (C=O) groups excluding carboxylic acids is 2. The first-order chi connectivity index (χ1) is 14.9. The molecular weight excluding hydrogens is 414 g/mol. The molecule has 1 unspecified atom stereocenters. The predicted octanol–water partition coefficient (Wildman–Crippen LogP) is 2.54. The van der Waals surface area contributed by atoms with E-state index in [0.29, 0.717) is 28.7 Å². The average molecular weight is 438 g/mol. The van der Waals surface area contributed by atoms with Gasteiger partial charge in [-0.2, -0.15) is 0 Å². The summed E-state index contributed by atoms with van der Waals surface area (Å²) in [5, 5.41) is 3.30. The molecule has 9 heteroatoms. The fourth-order valence-corrected chi connectivity index (χ4v) is 4.10. The maximum Gasteiger partial charge on any atom is 0.259 e. The maximum atomic E-state index is 12.6. The zero-order chi connectivity index (χ0) is 22.0. The van der Waals surface area contributed by atoms with Crippen LogP contribution in [-0.4, -0.2) is 39.8 Å². The lowest BCUT2D eigenvalue weighted by Crippen LogP contribution is -2.40. The molecule has 1 saturated heterocycles. The van der Waals surface area contributed by atoms with Crippen LogP contribution in [0.2, 0.25) is 0 Å². The van der Waals surface area contributed by atoms with E-state index in [1.54, 1.807) is 18.2 Å². The van der Waals surface area contributed by atoms with Gasteiger partial charge in [0.2, 0.25) is 5.91 Å². The molecule has 1 aliphatic rings. The third-order valence-electron chi connectivity index (χ3n) is 5.53. The van der Waals surface area contributed by atoms with Gasteiger partial charge in [-0.25, -0.2) is 0 Å². The molecule has 0 spiro atoms. The summed E-state index contributed by atoms with van der Waals surface area (Å²) in [6, 6.07) is 12.4. The Kier molecular flexibility index (Phi) is 5.97. The lowest BCUT2D eigenvalue weighted by atomic mass is 9.97. The number of hydrogen-bond donors (Lipinski definition) is 4. The van der Waals surface area contributed by atoms with Gasteiger partial charge in [-0.05, 0) is 67.5 Å². The van der Waals surface area contributed by atoms with E-state index in [2.05, 4.69) is 20.2 Å². The molecule has 5 N–H and O–H groups in total. The number of fused-ring (bicyclic) bond motifs is 1. The Hall–Kier alpha value is -3.30. The molecular formula is C22H23N5O3S. The highest BCUT2D eigenvalue weighted by Crippen LogP contribution is 2.20. The van der Waals surface area contributed by atoms with Crippen LogP contribution < -0.4 is 16.6 Å². The summed E-state index contributed by atoms with van der Waals surface area (Å²) in [4.78, 5) is 43.7. The van der Waals surface area contributed by atoms with Gasteiger partial charge < -0.3 is 16.0 Å². The van der Waals surface area contributed by atoms with Crippen LogP contribution in [0.25, 0.3) is 10.9 Å². The normalized spacial score (nSPS) is 16.8. The van der Waals surface area contributed by atoms with Crippen molar-refractivity contribution in [1.82, 2.24) is 14.9 Å². The molecule has 4 rings (SSSR count). The van der Waals surface area contributed by atoms with Gasteiger partial charge in [-0.3, -0.25) is 24.3 Å². The first kappa shape index (κ1) is 21.0. The average Bonchev–Trinajstić information content (AvgIpc) is 2.74. The Balaban J connectivity index is 1.42. The van der Waals surface area contributed by atoms with E-state index < -0.39 is 0 Å². The van der Waals surface area contributed by atoms with Gasteiger partial charge in [0.25, 0.3) is 11.5 Å². The third-order valence-corrected chi connectivity index (χ3v) is 5.73. The maximum absolute atomic E-state index is 12.6. The van der Waals surface area contributed by atoms with Crippen molar-refractivity contribution in [3.63, 3.8) is 0 Å². The number of hydrogen-bond acceptors (Lipinski definition) is 5. The van der Waals surface area contributed by atoms with Crippen LogP contribution in [0.15, 0.2) is 47.3 Å². The molecule has 2 aromatic carbocycles. The Morgan fingerprint density at radius 1 is 1.16 bits per heavy atom. The molecule has 0 radical (unpaired) electrons. The second-order valence-corrected chi connectivity index (χ2v) is 8.20. The van der Waals surface area contributed by atoms with E-state index in [9.17, 15) is 14.4 Å². The van der Waals surface area contributed by atoms with Gasteiger partial charge in [0.1, 0.15) is 0 Å². The SMILES string of the molecule is NC(=O)C1CCCN(Cc2ccc(NC(=O)c3ccc4c(=O)[nH]c(=S)[nH]c4c3)cc2)C1. The molecule has 2 heterocycles. The monoisotopic (exact) mass is 437 g/mol. The number of aromatic amines is 2. The predicted molar refractivity (Wildman–Crippen MR) is 121 cm³/mol. The molecule has 3 aromatic rings. The lowest BCUT2D eigenvalue weighted by molar-refractivity contribution is -0.123. The van der Waals surface area contributed by atoms with Crippen molar-refractivity contribution < 1.29 is 9.59 Å². The zero-order valence-corrected chi connectivity index (χ0v) is 17.6. The Bertz CT molecular complexity index is 1250. The molecule has 1 aromatic heterocycles. The van der Waals surface area contributed by atoms with Crippen molar-refractivity contribution in [2.24, 2.45) is 11.7 Å². The van der Waals surface area contributed by atoms with Gasteiger partial charge in [0, 0.05) is 24.3 Å². The first-order valence-corrected chi connectivity index (χ1v) is 10.5. The highest BCUT2D eigenvalue weighted by molar-refractivity contribution is 7.71. The van der Waals surface area contributed by atoms with Gasteiger partial charge in [0.15, 0.2) is 4.77 Å². The number of benzene rings is 2. The number of nitrogens with one attached hydrogen (secondary N) is 3. The quantitative estimate of drug-likeness (QED) is 0.457. The minimum Gasteiger partial charge on any atom is -0.369 e. The molecule has 8 nitrogen and oxygen atoms in total. The largest absolute Gasteiger partial charge is 0.369 e. The smallest absolute Gasteiger partial charge is 0.259 e. The zero-order valence-electron chi connectivity index (χ0n) is 16.8. The standard InChI is InChI=1S/C22H23N5O3S/c23-19(28)15-2-1-9-27(12-15)11-13-3-6-16(7-4-13)24-20(29)14-5-8-17-18(10-14)25-22(31)26-21(17)30/h3-8,10,15H,1-2,9,11-12H2,(H2,23,28)(H,24,29)(H2,25,26,30,31). The number of rotatable bonds is 5. The van der Waals surface area contributed by atoms with Gasteiger partial charge in [-0.15, -0.1) is 0 Å². The number of carbonyl (C=O) groups is 2. The third kappa shape index (κ3) is 4.89. The topological polar surface area (TPSA) is 124 Å². The van der Waals surface area contributed by atoms with Crippen LogP contribution in [0.1, 0.15) is 28.8 Å². The molecule has 1 aliphatic heterocycles. The van der Waals surface area contributed by atoms with Crippen molar-refractivity contribution in [1.29, 1.82) is 0 Å². The van der Waals surface area contributed by atoms with Gasteiger partial charge in [0.05, 0.1) is 16.8 Å². The first-order valence-electron chi connectivity index (χ1n) is 10.1. The highest BCUT2D eigenvalue weighted by Gasteiger charge is 2.23. The number of nitrogens with two attached hydrogens (primary N) is 1. The van der Waals surface area contributed by atoms with Crippen LogP contribution in [0.3, 0.4) is 0 Å². The van der Waals surface area contributed by atoms with Crippen molar-refractivity contribution in [2.75, 3.05) is 18.4 Å². The van der Waals surface area contributed by atoms with E-state index in [1.165, 1.54) is 0 Å². The summed E-state index contributed by atoms with van der Waals surface area (Å²) >= 11 is 4.99. The minimum atomic E-state index is -0.294. The molecule has 160 valence electrons. The van der Waals surface area contributed by atoms with Crippen LogP contribution in [0, 0.1) is 10.7 Å². The summed E-state index contributed by atoms with van der Waals surface area (Å²) in [7, 11) is 0. The van der Waals surface area contributed by atoms with E-state index in [1.807, 2.05) is 24.3 Å². The van der Waals surface area contributed by atoms with Crippen molar-refractivity contribution in [3.05, 3.63) is 68.7 Å². The fraction of sp³-hybridized carbons (Fsp3) is 0.273. The molecule has 1 atom stereocenters. The minimum absolute atomic E-state index is 0.0844. The molecule has 1 fully saturated rings. The number of primary amides is 1. The van der Waals surface area contributed by atoms with E-state index in [4.69, 9.17) is 18.0 Å². The number of H-pyrrole nitrogens is 2. The van der Waals surface area contributed by atoms with Crippen molar-refractivity contribution in [2.45, 2.75) is 19.4 Å². The number of nitrogens with zero attached hydrogens (tertiary/aromatic N) is 1.